The van der Waals surface area contributed by atoms with Crippen molar-refractivity contribution < 1.29 is 33.4 Å². The summed E-state index contributed by atoms with van der Waals surface area (Å²) in [4.78, 5) is 68.3. The molecule has 2 aromatic rings. The number of pyridine rings is 1. The third kappa shape index (κ3) is 3.88. The predicted octanol–water partition coefficient (Wildman–Crippen LogP) is 0.684. The minimum absolute atomic E-state index is 0.0570. The van der Waals surface area contributed by atoms with E-state index in [1.807, 2.05) is 0 Å². The summed E-state index contributed by atoms with van der Waals surface area (Å²) in [6, 6.07) is 7.13. The Morgan fingerprint density at radius 2 is 1.97 bits per heavy atom. The fraction of sp³-hybridized carbons (Fsp3) is 0.273. The predicted molar refractivity (Wildman–Crippen MR) is 112 cm³/mol. The van der Waals surface area contributed by atoms with Gasteiger partial charge in [0.25, 0.3) is 11.8 Å². The van der Waals surface area contributed by atoms with Crippen molar-refractivity contribution in [3.8, 4) is 5.75 Å². The molecular formula is C22H20N4O7. The van der Waals surface area contributed by atoms with Crippen molar-refractivity contribution in [3.05, 3.63) is 58.9 Å². The van der Waals surface area contributed by atoms with E-state index in [1.54, 1.807) is 18.2 Å². The number of ketones is 1. The average Bonchev–Trinajstić information content (AvgIpc) is 3.27. The largest absolute Gasteiger partial charge is 0.497 e. The second-order valence-electron chi connectivity index (χ2n) is 7.67. The SMILES string of the molecule is COC(=O)c1ncccc1C(=O)C[C@]1(CN2Cc3ccc(OC)cc3C2=O)NC(=O)NC1=O. The number of urea groups is 1. The lowest BCUT2D eigenvalue weighted by Gasteiger charge is -2.30. The molecule has 1 atom stereocenters. The molecule has 3 heterocycles. The summed E-state index contributed by atoms with van der Waals surface area (Å²) in [5.74, 6) is -2.03. The van der Waals surface area contributed by atoms with Crippen molar-refractivity contribution in [1.82, 2.24) is 20.5 Å². The fourth-order valence-electron chi connectivity index (χ4n) is 4.00. The van der Waals surface area contributed by atoms with E-state index in [9.17, 15) is 24.0 Å². The van der Waals surface area contributed by atoms with Gasteiger partial charge in [0.2, 0.25) is 0 Å². The topological polar surface area (TPSA) is 144 Å². The fourth-order valence-corrected chi connectivity index (χ4v) is 4.00. The Labute approximate surface area is 188 Å². The van der Waals surface area contributed by atoms with Gasteiger partial charge in [-0.3, -0.25) is 19.7 Å². The number of benzene rings is 1. The molecule has 4 amide bonds. The highest BCUT2D eigenvalue weighted by atomic mass is 16.5. The van der Waals surface area contributed by atoms with Crippen LogP contribution in [0.2, 0.25) is 0 Å². The lowest BCUT2D eigenvalue weighted by Crippen LogP contribution is -2.56. The van der Waals surface area contributed by atoms with Crippen LogP contribution in [0.5, 0.6) is 5.75 Å². The summed E-state index contributed by atoms with van der Waals surface area (Å²) in [6.07, 6.45) is 0.834. The van der Waals surface area contributed by atoms with Crippen LogP contribution in [0.3, 0.4) is 0 Å². The second kappa shape index (κ2) is 8.34. The van der Waals surface area contributed by atoms with Crippen LogP contribution in [0.15, 0.2) is 36.5 Å². The van der Waals surface area contributed by atoms with Gasteiger partial charge in [0.05, 0.1) is 26.3 Å². The highest BCUT2D eigenvalue weighted by Crippen LogP contribution is 2.30. The molecule has 0 spiro atoms. The number of esters is 1. The minimum Gasteiger partial charge on any atom is -0.497 e. The number of methoxy groups -OCH3 is 2. The zero-order valence-electron chi connectivity index (χ0n) is 17.8. The quantitative estimate of drug-likeness (QED) is 0.355. The van der Waals surface area contributed by atoms with Gasteiger partial charge in [-0.2, -0.15) is 0 Å². The highest BCUT2D eigenvalue weighted by molar-refractivity contribution is 6.13. The first-order valence-electron chi connectivity index (χ1n) is 9.94. The van der Waals surface area contributed by atoms with E-state index in [4.69, 9.17) is 4.74 Å². The molecule has 2 N–H and O–H groups in total. The smallest absolute Gasteiger partial charge is 0.357 e. The molecule has 0 unspecified atom stereocenters. The number of Topliss-reactive ketones (excluding diaryl/α,β-unsaturated/α-hetero) is 1. The van der Waals surface area contributed by atoms with Gasteiger partial charge in [0.1, 0.15) is 11.3 Å². The number of imide groups is 1. The first kappa shape index (κ1) is 21.9. The van der Waals surface area contributed by atoms with E-state index < -0.39 is 35.7 Å². The third-order valence-electron chi connectivity index (χ3n) is 5.62. The maximum Gasteiger partial charge on any atom is 0.357 e. The molecule has 33 heavy (non-hydrogen) atoms. The minimum atomic E-state index is -1.72. The van der Waals surface area contributed by atoms with Crippen LogP contribution < -0.4 is 15.4 Å². The Morgan fingerprint density at radius 1 is 1.18 bits per heavy atom. The molecule has 1 aromatic carbocycles. The standard InChI is InChI=1S/C22H20N4O7/c1-32-13-6-5-12-10-26(18(28)15(12)8-13)11-22(20(30)24-21(31)25-22)9-16(27)14-4-3-7-23-17(14)19(29)33-2/h3-8H,9-11H2,1-2H3,(H2,24,25,30,31)/t22-/m1/s1. The molecule has 4 rings (SSSR count). The average molecular weight is 452 g/mol. The van der Waals surface area contributed by atoms with Crippen molar-refractivity contribution in [2.45, 2.75) is 18.5 Å². The number of nitrogens with one attached hydrogen (secondary N) is 2. The Morgan fingerprint density at radius 3 is 2.64 bits per heavy atom. The van der Waals surface area contributed by atoms with Crippen LogP contribution in [0.25, 0.3) is 0 Å². The van der Waals surface area contributed by atoms with Gasteiger partial charge in [-0.25, -0.2) is 14.6 Å². The van der Waals surface area contributed by atoms with Gasteiger partial charge in [-0.15, -0.1) is 0 Å². The van der Waals surface area contributed by atoms with Crippen molar-refractivity contribution in [3.63, 3.8) is 0 Å². The Hall–Kier alpha value is -4.28. The van der Waals surface area contributed by atoms with Crippen molar-refractivity contribution >= 4 is 29.6 Å². The summed E-state index contributed by atoms with van der Waals surface area (Å²) in [5.41, 5.74) is -0.841. The van der Waals surface area contributed by atoms with E-state index in [2.05, 4.69) is 20.4 Å². The molecule has 0 radical (unpaired) electrons. The van der Waals surface area contributed by atoms with Gasteiger partial charge < -0.3 is 19.7 Å². The van der Waals surface area contributed by atoms with Crippen LogP contribution >= 0.6 is 0 Å². The number of fused-ring (bicyclic) bond motifs is 1. The summed E-state index contributed by atoms with van der Waals surface area (Å²) >= 11 is 0. The zero-order valence-corrected chi connectivity index (χ0v) is 17.8. The zero-order chi connectivity index (χ0) is 23.8. The number of nitrogens with zero attached hydrogens (tertiary/aromatic N) is 2. The number of aromatic nitrogens is 1. The van der Waals surface area contributed by atoms with E-state index in [1.165, 1.54) is 30.3 Å². The van der Waals surface area contributed by atoms with Crippen molar-refractivity contribution in [2.75, 3.05) is 20.8 Å². The second-order valence-corrected chi connectivity index (χ2v) is 7.67. The number of hydrogen-bond acceptors (Lipinski definition) is 8. The monoisotopic (exact) mass is 452 g/mol. The summed E-state index contributed by atoms with van der Waals surface area (Å²) in [7, 11) is 2.64. The Kier molecular flexibility index (Phi) is 5.54. The Balaban J connectivity index is 1.63. The number of hydrogen-bond donors (Lipinski definition) is 2. The van der Waals surface area contributed by atoms with E-state index >= 15 is 0 Å². The summed E-state index contributed by atoms with van der Waals surface area (Å²) in [6.45, 7) is -0.0580. The molecule has 0 bridgehead atoms. The van der Waals surface area contributed by atoms with Crippen molar-refractivity contribution in [2.24, 2.45) is 0 Å². The van der Waals surface area contributed by atoms with Gasteiger partial charge in [0.15, 0.2) is 11.5 Å². The molecule has 0 saturated carbocycles. The maximum atomic E-state index is 13.2. The van der Waals surface area contributed by atoms with Gasteiger partial charge in [-0.1, -0.05) is 6.07 Å². The number of ether oxygens (including phenoxy) is 2. The molecule has 1 aromatic heterocycles. The van der Waals surface area contributed by atoms with Crippen LogP contribution in [0.1, 0.15) is 43.2 Å². The lowest BCUT2D eigenvalue weighted by molar-refractivity contribution is -0.124. The molecule has 0 aliphatic carbocycles. The lowest BCUT2D eigenvalue weighted by atomic mass is 9.89. The molecule has 1 saturated heterocycles. The van der Waals surface area contributed by atoms with Gasteiger partial charge in [-0.05, 0) is 29.8 Å². The van der Waals surface area contributed by atoms with E-state index in [-0.39, 0.29) is 30.3 Å². The number of amides is 4. The molecular weight excluding hydrogens is 432 g/mol. The van der Waals surface area contributed by atoms with Crippen LogP contribution in [0, 0.1) is 0 Å². The molecule has 2 aliphatic rings. The summed E-state index contributed by atoms with van der Waals surface area (Å²) in [5, 5.41) is 4.64. The third-order valence-corrected chi connectivity index (χ3v) is 5.62. The number of rotatable bonds is 7. The van der Waals surface area contributed by atoms with Crippen LogP contribution in [-0.4, -0.2) is 65.8 Å². The van der Waals surface area contributed by atoms with Crippen LogP contribution in [0.4, 0.5) is 4.79 Å². The first-order chi connectivity index (χ1) is 15.8. The van der Waals surface area contributed by atoms with E-state index in [0.29, 0.717) is 11.3 Å². The van der Waals surface area contributed by atoms with Gasteiger partial charge >= 0.3 is 12.0 Å². The number of carbonyl (C=O) groups is 5. The highest BCUT2D eigenvalue weighted by Gasteiger charge is 2.50. The number of carbonyl (C=O) groups excluding carboxylic acids is 5. The first-order valence-corrected chi connectivity index (χ1v) is 9.94. The molecule has 2 aliphatic heterocycles. The normalized spacial score (nSPS) is 19.1. The Bertz CT molecular complexity index is 1200. The molecule has 170 valence electrons. The van der Waals surface area contributed by atoms with Gasteiger partial charge in [0, 0.05) is 24.7 Å². The molecule has 11 nitrogen and oxygen atoms in total. The van der Waals surface area contributed by atoms with E-state index in [0.717, 1.165) is 12.7 Å². The van der Waals surface area contributed by atoms with Crippen molar-refractivity contribution in [1.29, 1.82) is 0 Å². The van der Waals surface area contributed by atoms with Crippen LogP contribution in [-0.2, 0) is 16.1 Å². The summed E-state index contributed by atoms with van der Waals surface area (Å²) < 4.78 is 9.84. The molecule has 1 fully saturated rings. The maximum absolute atomic E-state index is 13.2. The molecule has 11 heteroatoms.